The molecule has 5 heteroatoms. The standard InChI is InChI=1S/C11H17N3OS/c1-3-11(4-5-12-7-11)9(15)14-10-13-8(2)6-16-10/h6,12H,3-5,7H2,1-2H3,(H,13,14,15). The molecular formula is C11H17N3OS. The number of rotatable bonds is 3. The number of hydrogen-bond donors (Lipinski definition) is 2. The van der Waals surface area contributed by atoms with Crippen LogP contribution in [0, 0.1) is 12.3 Å². The molecule has 1 saturated heterocycles. The molecule has 0 saturated carbocycles. The Balaban J connectivity index is 2.07. The minimum Gasteiger partial charge on any atom is -0.316 e. The van der Waals surface area contributed by atoms with Crippen molar-refractivity contribution in [2.45, 2.75) is 26.7 Å². The van der Waals surface area contributed by atoms with Gasteiger partial charge in [0.15, 0.2) is 5.13 Å². The van der Waals surface area contributed by atoms with Crippen molar-refractivity contribution in [2.75, 3.05) is 18.4 Å². The maximum atomic E-state index is 12.2. The lowest BCUT2D eigenvalue weighted by Crippen LogP contribution is -2.37. The molecule has 0 radical (unpaired) electrons. The van der Waals surface area contributed by atoms with Gasteiger partial charge in [0, 0.05) is 11.9 Å². The van der Waals surface area contributed by atoms with Crippen molar-refractivity contribution in [1.82, 2.24) is 10.3 Å². The van der Waals surface area contributed by atoms with Crippen molar-refractivity contribution in [2.24, 2.45) is 5.41 Å². The van der Waals surface area contributed by atoms with Crippen LogP contribution in [0.3, 0.4) is 0 Å². The molecule has 2 rings (SSSR count). The molecule has 0 spiro atoms. The fourth-order valence-corrected chi connectivity index (χ4v) is 2.72. The lowest BCUT2D eigenvalue weighted by atomic mass is 9.83. The first kappa shape index (κ1) is 11.5. The number of carbonyl (C=O) groups is 1. The second-order valence-electron chi connectivity index (χ2n) is 4.31. The van der Waals surface area contributed by atoms with Gasteiger partial charge in [0.05, 0.1) is 11.1 Å². The van der Waals surface area contributed by atoms with Gasteiger partial charge in [-0.15, -0.1) is 11.3 Å². The van der Waals surface area contributed by atoms with Gasteiger partial charge in [0.1, 0.15) is 0 Å². The number of nitrogens with zero attached hydrogens (tertiary/aromatic N) is 1. The Kier molecular flexibility index (Phi) is 3.25. The number of nitrogens with one attached hydrogen (secondary N) is 2. The Labute approximate surface area is 99.5 Å². The summed E-state index contributed by atoms with van der Waals surface area (Å²) in [6.45, 7) is 5.70. The van der Waals surface area contributed by atoms with Crippen LogP contribution in [-0.4, -0.2) is 24.0 Å². The Hall–Kier alpha value is -0.940. The molecule has 0 aromatic carbocycles. The molecule has 88 valence electrons. The number of amides is 1. The van der Waals surface area contributed by atoms with Crippen molar-refractivity contribution < 1.29 is 4.79 Å². The molecule has 0 aliphatic carbocycles. The first-order valence-corrected chi connectivity index (χ1v) is 6.48. The highest BCUT2D eigenvalue weighted by Crippen LogP contribution is 2.31. The second-order valence-corrected chi connectivity index (χ2v) is 5.17. The Bertz CT molecular complexity index is 382. The van der Waals surface area contributed by atoms with Gasteiger partial charge in [0.2, 0.25) is 5.91 Å². The van der Waals surface area contributed by atoms with Crippen LogP contribution in [0.15, 0.2) is 5.38 Å². The lowest BCUT2D eigenvalue weighted by Gasteiger charge is -2.24. The molecule has 1 amide bonds. The first-order valence-electron chi connectivity index (χ1n) is 5.60. The number of thiazole rings is 1. The van der Waals surface area contributed by atoms with E-state index in [9.17, 15) is 4.79 Å². The molecule has 16 heavy (non-hydrogen) atoms. The fourth-order valence-electron chi connectivity index (χ4n) is 2.04. The van der Waals surface area contributed by atoms with Gasteiger partial charge >= 0.3 is 0 Å². The number of carbonyl (C=O) groups excluding carboxylic acids is 1. The highest BCUT2D eigenvalue weighted by molar-refractivity contribution is 7.13. The minimum atomic E-state index is -0.237. The number of anilines is 1. The van der Waals surface area contributed by atoms with E-state index in [0.29, 0.717) is 5.13 Å². The van der Waals surface area contributed by atoms with E-state index in [1.165, 1.54) is 11.3 Å². The van der Waals surface area contributed by atoms with Gasteiger partial charge in [-0.2, -0.15) is 0 Å². The van der Waals surface area contributed by atoms with Gasteiger partial charge < -0.3 is 10.6 Å². The van der Waals surface area contributed by atoms with E-state index in [-0.39, 0.29) is 11.3 Å². The number of hydrogen-bond acceptors (Lipinski definition) is 4. The summed E-state index contributed by atoms with van der Waals surface area (Å²) in [5, 5.41) is 8.84. The third kappa shape index (κ3) is 2.10. The zero-order valence-corrected chi connectivity index (χ0v) is 10.5. The smallest absolute Gasteiger partial charge is 0.233 e. The normalized spacial score (nSPS) is 24.6. The third-order valence-electron chi connectivity index (χ3n) is 3.24. The van der Waals surface area contributed by atoms with E-state index in [0.717, 1.165) is 31.6 Å². The average molecular weight is 239 g/mol. The van der Waals surface area contributed by atoms with E-state index < -0.39 is 0 Å². The lowest BCUT2D eigenvalue weighted by molar-refractivity contribution is -0.124. The molecule has 2 N–H and O–H groups in total. The molecule has 1 aromatic rings. The average Bonchev–Trinajstić information content (AvgIpc) is 2.88. The van der Waals surface area contributed by atoms with Crippen LogP contribution in [0.5, 0.6) is 0 Å². The molecule has 1 aromatic heterocycles. The summed E-state index contributed by atoms with van der Waals surface area (Å²) < 4.78 is 0. The quantitative estimate of drug-likeness (QED) is 0.845. The summed E-state index contributed by atoms with van der Waals surface area (Å²) in [6.07, 6.45) is 1.79. The van der Waals surface area contributed by atoms with E-state index >= 15 is 0 Å². The van der Waals surface area contributed by atoms with Gasteiger partial charge in [0.25, 0.3) is 0 Å². The van der Waals surface area contributed by atoms with E-state index in [1.54, 1.807) is 0 Å². The molecular weight excluding hydrogens is 222 g/mol. The van der Waals surface area contributed by atoms with Gasteiger partial charge in [-0.05, 0) is 26.3 Å². The van der Waals surface area contributed by atoms with Gasteiger partial charge in [-0.25, -0.2) is 4.98 Å². The van der Waals surface area contributed by atoms with Crippen LogP contribution in [0.4, 0.5) is 5.13 Å². The van der Waals surface area contributed by atoms with Gasteiger partial charge in [-0.1, -0.05) is 6.92 Å². The van der Waals surface area contributed by atoms with Crippen molar-refractivity contribution in [3.8, 4) is 0 Å². The predicted molar refractivity (Wildman–Crippen MR) is 65.7 cm³/mol. The molecule has 1 aliphatic rings. The molecule has 4 nitrogen and oxygen atoms in total. The molecule has 1 aliphatic heterocycles. The maximum Gasteiger partial charge on any atom is 0.233 e. The van der Waals surface area contributed by atoms with Crippen LogP contribution in [-0.2, 0) is 4.79 Å². The zero-order valence-electron chi connectivity index (χ0n) is 9.67. The van der Waals surface area contributed by atoms with E-state index in [2.05, 4.69) is 22.5 Å². The Morgan fingerprint density at radius 1 is 1.75 bits per heavy atom. The highest BCUT2D eigenvalue weighted by Gasteiger charge is 2.39. The minimum absolute atomic E-state index is 0.106. The van der Waals surface area contributed by atoms with Crippen LogP contribution in [0.1, 0.15) is 25.5 Å². The fraction of sp³-hybridized carbons (Fsp3) is 0.636. The van der Waals surface area contributed by atoms with E-state index in [4.69, 9.17) is 0 Å². The van der Waals surface area contributed by atoms with Crippen LogP contribution >= 0.6 is 11.3 Å². The van der Waals surface area contributed by atoms with Crippen molar-refractivity contribution in [3.05, 3.63) is 11.1 Å². The summed E-state index contributed by atoms with van der Waals surface area (Å²) in [5.41, 5.74) is 0.718. The molecule has 1 unspecified atom stereocenters. The second kappa shape index (κ2) is 4.51. The van der Waals surface area contributed by atoms with E-state index in [1.807, 2.05) is 12.3 Å². The largest absolute Gasteiger partial charge is 0.316 e. The molecule has 2 heterocycles. The van der Waals surface area contributed by atoms with Crippen molar-refractivity contribution >= 4 is 22.4 Å². The van der Waals surface area contributed by atoms with Crippen molar-refractivity contribution in [1.29, 1.82) is 0 Å². The topological polar surface area (TPSA) is 54.0 Å². The molecule has 0 bridgehead atoms. The van der Waals surface area contributed by atoms with Crippen molar-refractivity contribution in [3.63, 3.8) is 0 Å². The Morgan fingerprint density at radius 2 is 2.56 bits per heavy atom. The molecule has 1 atom stereocenters. The number of aryl methyl sites for hydroxylation is 1. The summed E-state index contributed by atoms with van der Waals surface area (Å²) in [5.74, 6) is 0.106. The Morgan fingerprint density at radius 3 is 3.06 bits per heavy atom. The van der Waals surface area contributed by atoms with Crippen LogP contribution < -0.4 is 10.6 Å². The summed E-state index contributed by atoms with van der Waals surface area (Å²) in [6, 6.07) is 0. The SMILES string of the molecule is CCC1(C(=O)Nc2nc(C)cs2)CCNC1. The zero-order chi connectivity index (χ0) is 11.6. The summed E-state index contributed by atoms with van der Waals surface area (Å²) >= 11 is 1.48. The number of aromatic nitrogens is 1. The van der Waals surface area contributed by atoms with Gasteiger partial charge in [-0.3, -0.25) is 4.79 Å². The summed E-state index contributed by atoms with van der Waals surface area (Å²) in [4.78, 5) is 16.4. The monoisotopic (exact) mass is 239 g/mol. The highest BCUT2D eigenvalue weighted by atomic mass is 32.1. The summed E-state index contributed by atoms with van der Waals surface area (Å²) in [7, 11) is 0. The van der Waals surface area contributed by atoms with Crippen LogP contribution in [0.2, 0.25) is 0 Å². The first-order chi connectivity index (χ1) is 7.66. The molecule has 1 fully saturated rings. The predicted octanol–water partition coefficient (Wildman–Crippen LogP) is 1.78. The third-order valence-corrected chi connectivity index (χ3v) is 4.12. The maximum absolute atomic E-state index is 12.2. The van der Waals surface area contributed by atoms with Crippen LogP contribution in [0.25, 0.3) is 0 Å².